The SMILES string of the molecule is Cc1cccc(CN(C(=O)COc2ccccc2Cl)C(Cc2ccccc2)C(=O)NC(C)(C)C)c1. The van der Waals surface area contributed by atoms with Crippen LogP contribution in [0.1, 0.15) is 37.5 Å². The molecular formula is C29H33ClN2O3. The minimum absolute atomic E-state index is 0.208. The number of rotatable bonds is 9. The van der Waals surface area contributed by atoms with Crippen LogP contribution in [-0.2, 0) is 22.6 Å². The summed E-state index contributed by atoms with van der Waals surface area (Å²) >= 11 is 6.21. The first-order valence-electron chi connectivity index (χ1n) is 11.7. The van der Waals surface area contributed by atoms with Crippen molar-refractivity contribution in [2.24, 2.45) is 0 Å². The molecule has 0 saturated carbocycles. The van der Waals surface area contributed by atoms with E-state index in [9.17, 15) is 9.59 Å². The lowest BCUT2D eigenvalue weighted by atomic mass is 10.0. The van der Waals surface area contributed by atoms with E-state index in [0.29, 0.717) is 17.2 Å². The number of nitrogens with zero attached hydrogens (tertiary/aromatic N) is 1. The zero-order valence-electron chi connectivity index (χ0n) is 20.8. The van der Waals surface area contributed by atoms with Crippen molar-refractivity contribution in [3.05, 3.63) is 101 Å². The number of halogens is 1. The number of para-hydroxylation sites is 1. The lowest BCUT2D eigenvalue weighted by Gasteiger charge is -2.33. The van der Waals surface area contributed by atoms with E-state index < -0.39 is 11.6 Å². The number of amides is 2. The topological polar surface area (TPSA) is 58.6 Å². The first-order chi connectivity index (χ1) is 16.6. The van der Waals surface area contributed by atoms with Crippen molar-refractivity contribution < 1.29 is 14.3 Å². The molecule has 0 heterocycles. The number of aryl methyl sites for hydroxylation is 1. The fraction of sp³-hybridized carbons (Fsp3) is 0.310. The lowest BCUT2D eigenvalue weighted by molar-refractivity contribution is -0.143. The number of carbonyl (C=O) groups excluding carboxylic acids is 2. The van der Waals surface area contributed by atoms with Crippen molar-refractivity contribution in [2.45, 2.75) is 52.2 Å². The van der Waals surface area contributed by atoms with Crippen LogP contribution in [0.4, 0.5) is 0 Å². The van der Waals surface area contributed by atoms with Gasteiger partial charge in [0.05, 0.1) is 5.02 Å². The van der Waals surface area contributed by atoms with Crippen LogP contribution in [0.5, 0.6) is 5.75 Å². The second kappa shape index (κ2) is 11.9. The number of hydrogen-bond donors (Lipinski definition) is 1. The van der Waals surface area contributed by atoms with E-state index in [0.717, 1.165) is 16.7 Å². The predicted octanol–water partition coefficient (Wildman–Crippen LogP) is 5.58. The second-order valence-corrected chi connectivity index (χ2v) is 10.1. The average molecular weight is 493 g/mol. The first kappa shape index (κ1) is 26.3. The Bertz CT molecular complexity index is 1140. The van der Waals surface area contributed by atoms with Crippen LogP contribution in [-0.4, -0.2) is 34.9 Å². The maximum atomic E-state index is 13.6. The smallest absolute Gasteiger partial charge is 0.261 e. The minimum Gasteiger partial charge on any atom is -0.482 e. The van der Waals surface area contributed by atoms with Gasteiger partial charge in [-0.2, -0.15) is 0 Å². The highest BCUT2D eigenvalue weighted by Gasteiger charge is 2.32. The first-order valence-corrected chi connectivity index (χ1v) is 12.1. The van der Waals surface area contributed by atoms with Crippen LogP contribution in [0.15, 0.2) is 78.9 Å². The average Bonchev–Trinajstić information content (AvgIpc) is 2.80. The fourth-order valence-electron chi connectivity index (χ4n) is 3.80. The van der Waals surface area contributed by atoms with Crippen LogP contribution in [0.3, 0.4) is 0 Å². The molecule has 3 rings (SSSR count). The Morgan fingerprint density at radius 3 is 2.26 bits per heavy atom. The molecule has 0 radical (unpaired) electrons. The number of ether oxygens (including phenoxy) is 1. The van der Waals surface area contributed by atoms with E-state index in [1.165, 1.54) is 0 Å². The van der Waals surface area contributed by atoms with Gasteiger partial charge >= 0.3 is 0 Å². The molecule has 3 aromatic rings. The Kier molecular flexibility index (Phi) is 8.94. The zero-order valence-corrected chi connectivity index (χ0v) is 21.5. The van der Waals surface area contributed by atoms with Gasteiger partial charge in [0.2, 0.25) is 5.91 Å². The summed E-state index contributed by atoms with van der Waals surface area (Å²) < 4.78 is 5.77. The van der Waals surface area contributed by atoms with Gasteiger partial charge in [-0.25, -0.2) is 0 Å². The standard InChI is InChI=1S/C29H33ClN2O3/c1-21-11-10-14-23(17-21)19-32(27(33)20-35-26-16-9-8-15-24(26)30)25(28(34)31-29(2,3)4)18-22-12-6-5-7-13-22/h5-17,25H,18-20H2,1-4H3,(H,31,34). The van der Waals surface area contributed by atoms with Gasteiger partial charge in [0.1, 0.15) is 11.8 Å². The molecule has 0 bridgehead atoms. The summed E-state index contributed by atoms with van der Waals surface area (Å²) in [4.78, 5) is 28.7. The molecular weight excluding hydrogens is 460 g/mol. The van der Waals surface area contributed by atoms with Gasteiger partial charge in [-0.1, -0.05) is 83.9 Å². The Hall–Kier alpha value is -3.31. The summed E-state index contributed by atoms with van der Waals surface area (Å²) in [5.41, 5.74) is 2.55. The molecule has 0 spiro atoms. The van der Waals surface area contributed by atoms with Crippen molar-refractivity contribution in [3.63, 3.8) is 0 Å². The molecule has 6 heteroatoms. The molecule has 5 nitrogen and oxygen atoms in total. The van der Waals surface area contributed by atoms with E-state index in [1.807, 2.05) is 82.3 Å². The molecule has 35 heavy (non-hydrogen) atoms. The molecule has 0 aliphatic carbocycles. The molecule has 1 atom stereocenters. The van der Waals surface area contributed by atoms with E-state index in [1.54, 1.807) is 29.2 Å². The van der Waals surface area contributed by atoms with Crippen molar-refractivity contribution in [3.8, 4) is 5.75 Å². The van der Waals surface area contributed by atoms with Gasteiger partial charge in [-0.15, -0.1) is 0 Å². The zero-order chi connectivity index (χ0) is 25.4. The Morgan fingerprint density at radius 1 is 0.943 bits per heavy atom. The lowest BCUT2D eigenvalue weighted by Crippen LogP contribution is -2.55. The van der Waals surface area contributed by atoms with Crippen molar-refractivity contribution in [1.29, 1.82) is 0 Å². The molecule has 0 aliphatic rings. The van der Waals surface area contributed by atoms with Gasteiger partial charge in [-0.3, -0.25) is 9.59 Å². The molecule has 3 aromatic carbocycles. The summed E-state index contributed by atoms with van der Waals surface area (Å²) in [5, 5.41) is 3.49. The highest BCUT2D eigenvalue weighted by Crippen LogP contribution is 2.24. The normalized spacial score (nSPS) is 12.0. The number of carbonyl (C=O) groups is 2. The highest BCUT2D eigenvalue weighted by molar-refractivity contribution is 6.32. The molecule has 2 amide bonds. The van der Waals surface area contributed by atoms with E-state index in [2.05, 4.69) is 5.32 Å². The van der Waals surface area contributed by atoms with Crippen LogP contribution in [0.25, 0.3) is 0 Å². The van der Waals surface area contributed by atoms with E-state index in [4.69, 9.17) is 16.3 Å². The maximum Gasteiger partial charge on any atom is 0.261 e. The summed E-state index contributed by atoms with van der Waals surface area (Å²) in [5.74, 6) is -0.0757. The van der Waals surface area contributed by atoms with Crippen LogP contribution >= 0.6 is 11.6 Å². The largest absolute Gasteiger partial charge is 0.482 e. The van der Waals surface area contributed by atoms with Crippen LogP contribution < -0.4 is 10.1 Å². The van der Waals surface area contributed by atoms with Crippen LogP contribution in [0.2, 0.25) is 5.02 Å². The van der Waals surface area contributed by atoms with Crippen molar-refractivity contribution >= 4 is 23.4 Å². The van der Waals surface area contributed by atoms with Gasteiger partial charge in [0, 0.05) is 18.5 Å². The monoisotopic (exact) mass is 492 g/mol. The number of benzene rings is 3. The Labute approximate surface area is 213 Å². The van der Waals surface area contributed by atoms with Crippen LogP contribution in [0, 0.1) is 6.92 Å². The Balaban J connectivity index is 1.94. The highest BCUT2D eigenvalue weighted by atomic mass is 35.5. The number of nitrogens with one attached hydrogen (secondary N) is 1. The molecule has 0 aromatic heterocycles. The molecule has 0 saturated heterocycles. The number of hydrogen-bond acceptors (Lipinski definition) is 3. The van der Waals surface area contributed by atoms with E-state index in [-0.39, 0.29) is 25.0 Å². The molecule has 1 N–H and O–H groups in total. The molecule has 1 unspecified atom stereocenters. The summed E-state index contributed by atoms with van der Waals surface area (Å²) in [6, 6.07) is 24.0. The summed E-state index contributed by atoms with van der Waals surface area (Å²) in [7, 11) is 0. The van der Waals surface area contributed by atoms with Crippen molar-refractivity contribution in [1.82, 2.24) is 10.2 Å². The van der Waals surface area contributed by atoms with Gasteiger partial charge in [-0.05, 0) is 51.0 Å². The third kappa shape index (κ3) is 8.15. The fourth-order valence-corrected chi connectivity index (χ4v) is 3.99. The van der Waals surface area contributed by atoms with Gasteiger partial charge < -0.3 is 15.0 Å². The molecule has 184 valence electrons. The predicted molar refractivity (Wildman–Crippen MR) is 141 cm³/mol. The second-order valence-electron chi connectivity index (χ2n) is 9.67. The quantitative estimate of drug-likeness (QED) is 0.424. The summed E-state index contributed by atoms with van der Waals surface area (Å²) in [6.07, 6.45) is 0.381. The van der Waals surface area contributed by atoms with Gasteiger partial charge in [0.15, 0.2) is 6.61 Å². The maximum absolute atomic E-state index is 13.6. The summed E-state index contributed by atoms with van der Waals surface area (Å²) in [6.45, 7) is 7.84. The molecule has 0 aliphatic heterocycles. The van der Waals surface area contributed by atoms with E-state index >= 15 is 0 Å². The molecule has 0 fully saturated rings. The third-order valence-corrected chi connectivity index (χ3v) is 5.70. The minimum atomic E-state index is -0.723. The Morgan fingerprint density at radius 2 is 1.60 bits per heavy atom. The van der Waals surface area contributed by atoms with Gasteiger partial charge in [0.25, 0.3) is 5.91 Å². The van der Waals surface area contributed by atoms with Crippen molar-refractivity contribution in [2.75, 3.05) is 6.61 Å². The third-order valence-electron chi connectivity index (χ3n) is 5.39.